The molecule has 1 aromatic carbocycles. The van der Waals surface area contributed by atoms with Crippen LogP contribution in [0, 0.1) is 0 Å². The second kappa shape index (κ2) is 5.87. The highest BCUT2D eigenvalue weighted by Crippen LogP contribution is 2.28. The summed E-state index contributed by atoms with van der Waals surface area (Å²) in [6, 6.07) is 12.1. The van der Waals surface area contributed by atoms with Gasteiger partial charge in [-0.15, -0.1) is 0 Å². The minimum Gasteiger partial charge on any atom is -0.372 e. The average Bonchev–Trinajstić information content (AvgIpc) is 2.98. The fourth-order valence-electron chi connectivity index (χ4n) is 3.21. The third-order valence-corrected chi connectivity index (χ3v) is 5.39. The van der Waals surface area contributed by atoms with E-state index in [-0.39, 0.29) is 11.9 Å². The summed E-state index contributed by atoms with van der Waals surface area (Å²) in [6.07, 6.45) is 1.73. The lowest BCUT2D eigenvalue weighted by Gasteiger charge is -2.27. The Kier molecular flexibility index (Phi) is 3.69. The molecule has 2 aromatic heterocycles. The van der Waals surface area contributed by atoms with Gasteiger partial charge in [0.15, 0.2) is 5.01 Å². The summed E-state index contributed by atoms with van der Waals surface area (Å²) in [5, 5.41) is 0.512. The van der Waals surface area contributed by atoms with Gasteiger partial charge in [0.25, 0.3) is 5.91 Å². The lowest BCUT2D eigenvalue weighted by molar-refractivity contribution is 0.0687. The van der Waals surface area contributed by atoms with Gasteiger partial charge in [-0.3, -0.25) is 4.79 Å². The number of carbonyl (C=O) groups is 1. The molecule has 1 amide bonds. The first-order valence-corrected chi connectivity index (χ1v) is 8.76. The van der Waals surface area contributed by atoms with E-state index in [1.54, 1.807) is 6.20 Å². The van der Waals surface area contributed by atoms with Crippen molar-refractivity contribution in [1.82, 2.24) is 14.9 Å². The number of likely N-dealkylation sites (N-methyl/N-ethyl adjacent to an activating group) is 1. The summed E-state index contributed by atoms with van der Waals surface area (Å²) >= 11 is 1.36. The average molecular weight is 338 g/mol. The minimum absolute atomic E-state index is 0.0180. The molecule has 0 aliphatic carbocycles. The number of thiazole rings is 1. The van der Waals surface area contributed by atoms with Gasteiger partial charge in [0.1, 0.15) is 10.3 Å². The van der Waals surface area contributed by atoms with E-state index < -0.39 is 0 Å². The van der Waals surface area contributed by atoms with Crippen LogP contribution in [-0.2, 0) is 6.54 Å². The predicted octanol–water partition coefficient (Wildman–Crippen LogP) is 3.17. The molecule has 0 radical (unpaired) electrons. The van der Waals surface area contributed by atoms with Crippen molar-refractivity contribution < 1.29 is 4.79 Å². The topological polar surface area (TPSA) is 49.3 Å². The number of nitrogens with zero attached hydrogens (tertiary/aromatic N) is 4. The molecule has 0 N–H and O–H groups in total. The van der Waals surface area contributed by atoms with Crippen molar-refractivity contribution in [2.45, 2.75) is 19.5 Å². The first-order chi connectivity index (χ1) is 11.6. The van der Waals surface area contributed by atoms with Crippen LogP contribution < -0.4 is 4.90 Å². The number of pyridine rings is 1. The third-order valence-electron chi connectivity index (χ3n) is 4.42. The number of hydrogen-bond acceptors (Lipinski definition) is 5. The Morgan fingerprint density at radius 2 is 2.08 bits per heavy atom. The smallest absolute Gasteiger partial charge is 0.283 e. The molecule has 6 heteroatoms. The van der Waals surface area contributed by atoms with Gasteiger partial charge >= 0.3 is 0 Å². The number of para-hydroxylation sites is 1. The molecule has 3 aromatic rings. The quantitative estimate of drug-likeness (QED) is 0.684. The minimum atomic E-state index is -0.0180. The van der Waals surface area contributed by atoms with Gasteiger partial charge in [-0.1, -0.05) is 29.5 Å². The maximum atomic E-state index is 13.1. The highest BCUT2D eigenvalue weighted by Gasteiger charge is 2.29. The van der Waals surface area contributed by atoms with Crippen molar-refractivity contribution >= 4 is 33.3 Å². The number of carbonyl (C=O) groups excluding carboxylic acids is 1. The van der Waals surface area contributed by atoms with Crippen molar-refractivity contribution in [2.24, 2.45) is 0 Å². The first-order valence-electron chi connectivity index (χ1n) is 7.95. The molecule has 24 heavy (non-hydrogen) atoms. The molecule has 5 nitrogen and oxygen atoms in total. The summed E-state index contributed by atoms with van der Waals surface area (Å²) in [5.41, 5.74) is 3.13. The number of rotatable bonds is 1. The third kappa shape index (κ3) is 2.53. The van der Waals surface area contributed by atoms with Gasteiger partial charge in [-0.05, 0) is 30.7 Å². The maximum absolute atomic E-state index is 13.1. The number of aromatic nitrogens is 2. The molecule has 3 heterocycles. The van der Waals surface area contributed by atoms with Gasteiger partial charge in [0.2, 0.25) is 0 Å². The first kappa shape index (κ1) is 15.1. The Morgan fingerprint density at radius 1 is 1.25 bits per heavy atom. The van der Waals surface area contributed by atoms with Crippen LogP contribution in [0.3, 0.4) is 0 Å². The second-order valence-corrected chi connectivity index (χ2v) is 7.12. The molecule has 0 saturated carbocycles. The van der Waals surface area contributed by atoms with Crippen LogP contribution in [0.2, 0.25) is 0 Å². The highest BCUT2D eigenvalue weighted by molar-refractivity contribution is 7.19. The van der Waals surface area contributed by atoms with Crippen molar-refractivity contribution in [1.29, 1.82) is 0 Å². The summed E-state index contributed by atoms with van der Waals surface area (Å²) in [4.78, 5) is 26.8. The van der Waals surface area contributed by atoms with E-state index in [0.717, 1.165) is 22.5 Å². The Balaban J connectivity index is 1.70. The van der Waals surface area contributed by atoms with Crippen LogP contribution in [0.15, 0.2) is 42.6 Å². The molecular weight excluding hydrogens is 320 g/mol. The molecule has 0 unspecified atom stereocenters. The van der Waals surface area contributed by atoms with Crippen molar-refractivity contribution in [3.05, 3.63) is 53.2 Å². The SMILES string of the molecule is C[C@H]1CN(C)c2ccccc2CN1C(=O)c1nc2cccnc2s1. The Morgan fingerprint density at radius 3 is 2.92 bits per heavy atom. The summed E-state index contributed by atoms with van der Waals surface area (Å²) in [7, 11) is 2.07. The molecular formula is C18H18N4OS. The molecule has 122 valence electrons. The fourth-order valence-corrected chi connectivity index (χ4v) is 4.07. The maximum Gasteiger partial charge on any atom is 0.283 e. The Bertz CT molecular complexity index is 874. The number of amides is 1. The van der Waals surface area contributed by atoms with Crippen LogP contribution in [0.5, 0.6) is 0 Å². The monoisotopic (exact) mass is 338 g/mol. The van der Waals surface area contributed by atoms with E-state index in [4.69, 9.17) is 0 Å². The molecule has 0 saturated heterocycles. The molecule has 0 fully saturated rings. The van der Waals surface area contributed by atoms with E-state index in [1.807, 2.05) is 29.2 Å². The van der Waals surface area contributed by atoms with Gasteiger partial charge in [-0.25, -0.2) is 9.97 Å². The molecule has 4 rings (SSSR count). The van der Waals surface area contributed by atoms with E-state index in [0.29, 0.717) is 11.6 Å². The molecule has 1 aliphatic rings. The highest BCUT2D eigenvalue weighted by atomic mass is 32.1. The number of benzene rings is 1. The molecule has 0 bridgehead atoms. The second-order valence-electron chi connectivity index (χ2n) is 6.14. The Labute approximate surface area is 144 Å². The molecule has 1 atom stereocenters. The zero-order chi connectivity index (χ0) is 16.7. The zero-order valence-electron chi connectivity index (χ0n) is 13.6. The fraction of sp³-hybridized carbons (Fsp3) is 0.278. The van der Waals surface area contributed by atoms with Crippen LogP contribution in [0.25, 0.3) is 10.3 Å². The van der Waals surface area contributed by atoms with E-state index in [1.165, 1.54) is 17.0 Å². The van der Waals surface area contributed by atoms with Crippen molar-refractivity contribution in [3.63, 3.8) is 0 Å². The lowest BCUT2D eigenvalue weighted by Crippen LogP contribution is -2.41. The summed E-state index contributed by atoms with van der Waals surface area (Å²) in [5.74, 6) is -0.0180. The van der Waals surface area contributed by atoms with E-state index in [9.17, 15) is 4.79 Å². The molecule has 1 aliphatic heterocycles. The van der Waals surface area contributed by atoms with E-state index >= 15 is 0 Å². The van der Waals surface area contributed by atoms with Crippen LogP contribution in [0.1, 0.15) is 22.3 Å². The van der Waals surface area contributed by atoms with Crippen molar-refractivity contribution in [2.75, 3.05) is 18.5 Å². The zero-order valence-corrected chi connectivity index (χ0v) is 14.5. The number of fused-ring (bicyclic) bond motifs is 2. The largest absolute Gasteiger partial charge is 0.372 e. The van der Waals surface area contributed by atoms with E-state index in [2.05, 4.69) is 41.0 Å². The van der Waals surface area contributed by atoms with Crippen LogP contribution >= 0.6 is 11.3 Å². The van der Waals surface area contributed by atoms with Gasteiger partial charge < -0.3 is 9.80 Å². The van der Waals surface area contributed by atoms with Gasteiger partial charge in [0, 0.05) is 38.1 Å². The predicted molar refractivity (Wildman–Crippen MR) is 96.5 cm³/mol. The lowest BCUT2D eigenvalue weighted by atomic mass is 10.1. The summed E-state index contributed by atoms with van der Waals surface area (Å²) < 4.78 is 0. The molecule has 0 spiro atoms. The standard InChI is InChI=1S/C18H18N4OS/c1-12-10-21(2)15-8-4-3-6-13(15)11-22(12)18(23)17-20-14-7-5-9-19-16(14)24-17/h3-9,12H,10-11H2,1-2H3/t12-/m0/s1. The summed E-state index contributed by atoms with van der Waals surface area (Å²) in [6.45, 7) is 3.49. The normalized spacial score (nSPS) is 17.7. The van der Waals surface area contributed by atoms with Crippen LogP contribution in [-0.4, -0.2) is 40.4 Å². The van der Waals surface area contributed by atoms with Crippen LogP contribution in [0.4, 0.5) is 5.69 Å². The number of hydrogen-bond donors (Lipinski definition) is 0. The van der Waals surface area contributed by atoms with Gasteiger partial charge in [-0.2, -0.15) is 0 Å². The Hall–Kier alpha value is -2.47. The number of anilines is 1. The van der Waals surface area contributed by atoms with Crippen molar-refractivity contribution in [3.8, 4) is 0 Å². The van der Waals surface area contributed by atoms with Gasteiger partial charge in [0.05, 0.1) is 0 Å².